The van der Waals surface area contributed by atoms with E-state index in [-0.39, 0.29) is 11.1 Å². The number of hydrogen-bond donors (Lipinski definition) is 1. The van der Waals surface area contributed by atoms with Crippen LogP contribution in [0.15, 0.2) is 36.4 Å². The molecule has 3 rings (SSSR count). The number of aliphatic hydroxyl groups is 1. The molecule has 1 radical (unpaired) electrons. The van der Waals surface area contributed by atoms with Gasteiger partial charge in [-0.15, -0.1) is 0 Å². The van der Waals surface area contributed by atoms with Gasteiger partial charge in [-0.05, 0) is 95.6 Å². The van der Waals surface area contributed by atoms with E-state index in [1.807, 2.05) is 18.2 Å². The number of methoxy groups -OCH3 is 1. The van der Waals surface area contributed by atoms with Crippen LogP contribution in [-0.2, 0) is 26.3 Å². The Morgan fingerprint density at radius 3 is 2.27 bits per heavy atom. The van der Waals surface area contributed by atoms with E-state index in [2.05, 4.69) is 68.1 Å². The summed E-state index contributed by atoms with van der Waals surface area (Å²) in [6, 6.07) is 11.2. The Kier molecular flexibility index (Phi) is 11.0. The molecule has 0 fully saturated rings. The van der Waals surface area contributed by atoms with Gasteiger partial charge in [0, 0.05) is 12.8 Å². The molecule has 1 atom stereocenters. The molecule has 1 heterocycles. The minimum atomic E-state index is -1.70. The average molecular weight is 625 g/mol. The van der Waals surface area contributed by atoms with Crippen LogP contribution >= 0.6 is 0 Å². The SMILES string of the molecule is COC(C)(CC(C)C)C(C)(C)O[B]c1cccc(N2CCOc3cc(C(C)(C)O)ccc3C2=O)c1COC(C)(C)[Si](C)(C)C. The Bertz CT molecular complexity index is 1310. The molecule has 1 aliphatic heterocycles. The van der Waals surface area contributed by atoms with Gasteiger partial charge in [0.05, 0.1) is 48.8 Å². The summed E-state index contributed by atoms with van der Waals surface area (Å²) in [4.78, 5) is 15.9. The molecular weight excluding hydrogens is 569 g/mol. The minimum Gasteiger partial charge on any atom is -0.491 e. The molecule has 0 saturated heterocycles. The molecule has 2 aromatic rings. The van der Waals surface area contributed by atoms with Crippen molar-refractivity contribution in [2.75, 3.05) is 25.2 Å². The Hall–Kier alpha value is -2.17. The monoisotopic (exact) mass is 624 g/mol. The summed E-state index contributed by atoms with van der Waals surface area (Å²) in [5.41, 5.74) is 1.43. The molecule has 2 aromatic carbocycles. The predicted octanol–water partition coefficient (Wildman–Crippen LogP) is 6.62. The molecule has 0 aromatic heterocycles. The van der Waals surface area contributed by atoms with Crippen molar-refractivity contribution in [2.45, 2.75) is 117 Å². The summed E-state index contributed by atoms with van der Waals surface area (Å²) in [5, 5.41) is 10.2. The van der Waals surface area contributed by atoms with Gasteiger partial charge in [0.2, 0.25) is 0 Å². The van der Waals surface area contributed by atoms with Gasteiger partial charge in [0.1, 0.15) is 12.4 Å². The van der Waals surface area contributed by atoms with Gasteiger partial charge in [-0.2, -0.15) is 0 Å². The van der Waals surface area contributed by atoms with E-state index in [1.165, 1.54) is 0 Å². The zero-order valence-corrected chi connectivity index (χ0v) is 30.4. The highest BCUT2D eigenvalue weighted by Gasteiger charge is 2.43. The molecule has 0 spiro atoms. The van der Waals surface area contributed by atoms with E-state index in [1.54, 1.807) is 51.5 Å². The van der Waals surface area contributed by atoms with Crippen molar-refractivity contribution in [3.63, 3.8) is 0 Å². The van der Waals surface area contributed by atoms with Gasteiger partial charge in [0.15, 0.2) is 0 Å². The largest absolute Gasteiger partial charge is 0.491 e. The first-order valence-corrected chi connectivity index (χ1v) is 19.3. The number of rotatable bonds is 13. The number of carbonyl (C=O) groups is 1. The molecule has 0 aliphatic carbocycles. The van der Waals surface area contributed by atoms with Crippen LogP contribution in [0.1, 0.15) is 90.2 Å². The summed E-state index contributed by atoms with van der Waals surface area (Å²) < 4.78 is 25.3. The lowest BCUT2D eigenvalue weighted by molar-refractivity contribution is -0.136. The summed E-state index contributed by atoms with van der Waals surface area (Å²) in [7, 11) is 1.83. The topological polar surface area (TPSA) is 77.5 Å². The molecule has 243 valence electrons. The highest BCUT2D eigenvalue weighted by molar-refractivity contribution is 6.78. The summed E-state index contributed by atoms with van der Waals surface area (Å²) >= 11 is 0. The number of carbonyl (C=O) groups excluding carboxylic acids is 1. The van der Waals surface area contributed by atoms with Crippen LogP contribution in [0.25, 0.3) is 0 Å². The second-order valence-electron chi connectivity index (χ2n) is 15.2. The van der Waals surface area contributed by atoms with Gasteiger partial charge in [-0.3, -0.25) is 4.79 Å². The number of amides is 1. The molecule has 0 saturated carbocycles. The number of ether oxygens (including phenoxy) is 3. The van der Waals surface area contributed by atoms with Crippen molar-refractivity contribution in [1.29, 1.82) is 0 Å². The molecule has 0 bridgehead atoms. The summed E-state index contributed by atoms with van der Waals surface area (Å²) in [6.45, 7) is 26.2. The molecule has 1 aliphatic rings. The lowest BCUT2D eigenvalue weighted by Crippen LogP contribution is -2.53. The van der Waals surface area contributed by atoms with E-state index in [0.29, 0.717) is 42.6 Å². The van der Waals surface area contributed by atoms with Crippen LogP contribution in [0, 0.1) is 5.92 Å². The first-order chi connectivity index (χ1) is 20.1. The second kappa shape index (κ2) is 13.3. The molecule has 1 amide bonds. The number of fused-ring (bicyclic) bond motifs is 1. The van der Waals surface area contributed by atoms with Crippen LogP contribution in [0.4, 0.5) is 5.69 Å². The quantitative estimate of drug-likeness (QED) is 0.253. The predicted molar refractivity (Wildman–Crippen MR) is 183 cm³/mol. The van der Waals surface area contributed by atoms with Crippen LogP contribution in [0.3, 0.4) is 0 Å². The van der Waals surface area contributed by atoms with Gasteiger partial charge in [-0.25, -0.2) is 0 Å². The number of hydrogen-bond acceptors (Lipinski definition) is 6. The van der Waals surface area contributed by atoms with Crippen molar-refractivity contribution in [2.24, 2.45) is 5.92 Å². The highest BCUT2D eigenvalue weighted by Crippen LogP contribution is 2.36. The lowest BCUT2D eigenvalue weighted by atomic mass is 9.76. The van der Waals surface area contributed by atoms with Gasteiger partial charge in [0.25, 0.3) is 5.91 Å². The zero-order chi connectivity index (χ0) is 33.3. The Balaban J connectivity index is 2.06. The number of anilines is 1. The molecule has 1 N–H and O–H groups in total. The van der Waals surface area contributed by atoms with Gasteiger partial charge >= 0.3 is 7.48 Å². The first kappa shape index (κ1) is 36.3. The summed E-state index contributed by atoms with van der Waals surface area (Å²) in [5.74, 6) is 0.747. The molecular formula is C35H55BNO6Si. The van der Waals surface area contributed by atoms with Crippen molar-refractivity contribution < 1.29 is 28.8 Å². The van der Waals surface area contributed by atoms with Gasteiger partial charge in [-0.1, -0.05) is 51.7 Å². The highest BCUT2D eigenvalue weighted by atomic mass is 28.3. The Labute approximate surface area is 267 Å². The lowest BCUT2D eigenvalue weighted by Gasteiger charge is -2.44. The van der Waals surface area contributed by atoms with E-state index in [4.69, 9.17) is 18.9 Å². The zero-order valence-electron chi connectivity index (χ0n) is 29.4. The van der Waals surface area contributed by atoms with Crippen LogP contribution < -0.4 is 15.1 Å². The minimum absolute atomic E-state index is 0.159. The Morgan fingerprint density at radius 2 is 1.70 bits per heavy atom. The third-order valence-electron chi connectivity index (χ3n) is 9.60. The van der Waals surface area contributed by atoms with Crippen LogP contribution in [-0.4, -0.2) is 63.3 Å². The number of benzene rings is 2. The molecule has 44 heavy (non-hydrogen) atoms. The first-order valence-electron chi connectivity index (χ1n) is 15.8. The van der Waals surface area contributed by atoms with Crippen molar-refractivity contribution in [1.82, 2.24) is 0 Å². The Morgan fingerprint density at radius 1 is 1.05 bits per heavy atom. The van der Waals surface area contributed by atoms with Crippen molar-refractivity contribution in [3.8, 4) is 5.75 Å². The fourth-order valence-electron chi connectivity index (χ4n) is 5.19. The number of nitrogens with zero attached hydrogens (tertiary/aromatic N) is 1. The maximum absolute atomic E-state index is 14.1. The normalized spacial score (nSPS) is 16.3. The van der Waals surface area contributed by atoms with E-state index < -0.39 is 24.9 Å². The van der Waals surface area contributed by atoms with Crippen molar-refractivity contribution >= 4 is 32.6 Å². The molecule has 7 nitrogen and oxygen atoms in total. The molecule has 9 heteroatoms. The standard InChI is InChI=1S/C35H55BNO6Si/c1-24(2)22-35(9,40-10)33(5,6)43-36-28-15-14-16-29(27(28)23-42-34(7,8)44(11,12)13)37-19-20-41-30-21-25(32(3,4)39)17-18-26(30)31(37)38/h14-18,21,24,39H,19-20,22-23H2,1-13H3. The van der Waals surface area contributed by atoms with Crippen LogP contribution in [0.5, 0.6) is 5.75 Å². The van der Waals surface area contributed by atoms with Crippen molar-refractivity contribution in [3.05, 3.63) is 53.1 Å². The average Bonchev–Trinajstić information content (AvgIpc) is 3.07. The smallest absolute Gasteiger partial charge is 0.331 e. The third kappa shape index (κ3) is 7.97. The fraction of sp³-hybridized carbons (Fsp3) is 0.629. The maximum atomic E-state index is 14.1. The maximum Gasteiger partial charge on any atom is 0.331 e. The second-order valence-corrected chi connectivity index (χ2v) is 21.0. The van der Waals surface area contributed by atoms with Gasteiger partial charge < -0.3 is 28.9 Å². The van der Waals surface area contributed by atoms with E-state index in [9.17, 15) is 9.90 Å². The van der Waals surface area contributed by atoms with E-state index in [0.717, 1.165) is 23.1 Å². The summed E-state index contributed by atoms with van der Waals surface area (Å²) in [6.07, 6.45) is 0.835. The van der Waals surface area contributed by atoms with E-state index >= 15 is 0 Å². The molecule has 1 unspecified atom stereocenters. The third-order valence-corrected chi connectivity index (χ3v) is 13.4. The van der Waals surface area contributed by atoms with Crippen LogP contribution in [0.2, 0.25) is 19.6 Å². The fourth-order valence-corrected chi connectivity index (χ4v) is 5.70.